The molecule has 2 amide bonds. The number of carboxylic acid groups (broad SMARTS) is 1. The third-order valence-corrected chi connectivity index (χ3v) is 3.69. The maximum Gasteiger partial charge on any atom is 0.329 e. The fourth-order valence-electron chi connectivity index (χ4n) is 1.66. The molecule has 1 rings (SSSR count). The average Bonchev–Trinajstić information content (AvgIpc) is 2.67. The molecule has 20 heavy (non-hydrogen) atoms. The number of thiazole rings is 1. The van der Waals surface area contributed by atoms with Crippen molar-refractivity contribution < 1.29 is 19.4 Å². The van der Waals surface area contributed by atoms with Crippen molar-refractivity contribution in [2.75, 3.05) is 19.8 Å². The van der Waals surface area contributed by atoms with Crippen LogP contribution in [0.5, 0.6) is 0 Å². The van der Waals surface area contributed by atoms with Gasteiger partial charge in [-0.1, -0.05) is 0 Å². The van der Waals surface area contributed by atoms with Gasteiger partial charge in [0.05, 0.1) is 23.4 Å². The zero-order valence-electron chi connectivity index (χ0n) is 11.7. The predicted octanol–water partition coefficient (Wildman–Crippen LogP) is 1.22. The van der Waals surface area contributed by atoms with E-state index in [2.05, 4.69) is 15.6 Å². The smallest absolute Gasteiger partial charge is 0.329 e. The number of urea groups is 1. The Hall–Kier alpha value is -1.67. The lowest BCUT2D eigenvalue weighted by Gasteiger charge is -2.13. The van der Waals surface area contributed by atoms with Gasteiger partial charge in [0.2, 0.25) is 0 Å². The van der Waals surface area contributed by atoms with Crippen LogP contribution in [-0.4, -0.2) is 41.8 Å². The Labute approximate surface area is 121 Å². The summed E-state index contributed by atoms with van der Waals surface area (Å²) in [6.07, 6.45) is 0. The second kappa shape index (κ2) is 7.81. The first-order valence-electron chi connectivity index (χ1n) is 6.18. The summed E-state index contributed by atoms with van der Waals surface area (Å²) in [7, 11) is 0. The van der Waals surface area contributed by atoms with Crippen LogP contribution in [0.2, 0.25) is 0 Å². The normalized spacial score (nSPS) is 11.9. The summed E-state index contributed by atoms with van der Waals surface area (Å²) < 4.78 is 4.81. The van der Waals surface area contributed by atoms with Crippen LogP contribution in [0.1, 0.15) is 28.5 Å². The highest BCUT2D eigenvalue weighted by molar-refractivity contribution is 7.11. The van der Waals surface area contributed by atoms with Crippen molar-refractivity contribution >= 4 is 23.3 Å². The van der Waals surface area contributed by atoms with E-state index in [0.717, 1.165) is 15.6 Å². The molecule has 0 fully saturated rings. The molecule has 0 aromatic carbocycles. The zero-order valence-corrected chi connectivity index (χ0v) is 12.5. The summed E-state index contributed by atoms with van der Waals surface area (Å²) in [5, 5.41) is 14.7. The van der Waals surface area contributed by atoms with Crippen LogP contribution in [0.15, 0.2) is 0 Å². The quantitative estimate of drug-likeness (QED) is 0.657. The van der Waals surface area contributed by atoms with E-state index < -0.39 is 5.97 Å². The zero-order chi connectivity index (χ0) is 15.1. The first kappa shape index (κ1) is 16.4. The van der Waals surface area contributed by atoms with Crippen LogP contribution in [0.4, 0.5) is 4.79 Å². The van der Waals surface area contributed by atoms with Gasteiger partial charge in [0.25, 0.3) is 0 Å². The van der Waals surface area contributed by atoms with E-state index in [1.807, 2.05) is 20.8 Å². The monoisotopic (exact) mass is 301 g/mol. The van der Waals surface area contributed by atoms with Crippen molar-refractivity contribution in [1.29, 1.82) is 0 Å². The largest absolute Gasteiger partial charge is 0.480 e. The standard InChI is InChI=1S/C12H19N3O4S/c1-7-11(20-9(3)14-7)8(2)15-12(18)13-4-5-19-6-10(16)17/h8H,4-6H2,1-3H3,(H,16,17)(H2,13,15,18). The van der Waals surface area contributed by atoms with E-state index >= 15 is 0 Å². The van der Waals surface area contributed by atoms with E-state index in [1.54, 1.807) is 11.3 Å². The Morgan fingerprint density at radius 1 is 1.45 bits per heavy atom. The highest BCUT2D eigenvalue weighted by atomic mass is 32.1. The highest BCUT2D eigenvalue weighted by Gasteiger charge is 2.14. The number of hydrogen-bond acceptors (Lipinski definition) is 5. The lowest BCUT2D eigenvalue weighted by atomic mass is 10.2. The van der Waals surface area contributed by atoms with E-state index in [-0.39, 0.29) is 31.8 Å². The first-order valence-corrected chi connectivity index (χ1v) is 6.99. The average molecular weight is 301 g/mol. The van der Waals surface area contributed by atoms with Gasteiger partial charge in [-0.15, -0.1) is 11.3 Å². The number of hydrogen-bond donors (Lipinski definition) is 3. The molecule has 1 aromatic rings. The molecule has 1 unspecified atom stereocenters. The number of nitrogens with one attached hydrogen (secondary N) is 2. The van der Waals surface area contributed by atoms with Crippen LogP contribution in [0, 0.1) is 13.8 Å². The predicted molar refractivity (Wildman–Crippen MR) is 75.0 cm³/mol. The number of aliphatic carboxylic acids is 1. The number of nitrogens with zero attached hydrogens (tertiary/aromatic N) is 1. The molecule has 3 N–H and O–H groups in total. The van der Waals surface area contributed by atoms with E-state index in [4.69, 9.17) is 9.84 Å². The Balaban J connectivity index is 2.28. The number of carboxylic acids is 1. The summed E-state index contributed by atoms with van der Waals surface area (Å²) in [4.78, 5) is 27.2. The van der Waals surface area contributed by atoms with Gasteiger partial charge < -0.3 is 20.5 Å². The fourth-order valence-corrected chi connectivity index (χ4v) is 2.59. The van der Waals surface area contributed by atoms with Crippen LogP contribution in [0.25, 0.3) is 0 Å². The summed E-state index contributed by atoms with van der Waals surface area (Å²) in [6.45, 7) is 5.78. The molecular formula is C12H19N3O4S. The van der Waals surface area contributed by atoms with Crippen molar-refractivity contribution in [3.05, 3.63) is 15.6 Å². The third kappa shape index (κ3) is 5.54. The van der Waals surface area contributed by atoms with Gasteiger partial charge >= 0.3 is 12.0 Å². The number of amides is 2. The van der Waals surface area contributed by atoms with Crippen LogP contribution in [0.3, 0.4) is 0 Å². The van der Waals surface area contributed by atoms with Crippen LogP contribution < -0.4 is 10.6 Å². The lowest BCUT2D eigenvalue weighted by Crippen LogP contribution is -2.38. The van der Waals surface area contributed by atoms with Crippen molar-refractivity contribution in [3.63, 3.8) is 0 Å². The van der Waals surface area contributed by atoms with Crippen LogP contribution in [-0.2, 0) is 9.53 Å². The van der Waals surface area contributed by atoms with Gasteiger partial charge in [-0.05, 0) is 20.8 Å². The summed E-state index contributed by atoms with van der Waals surface area (Å²) in [5.41, 5.74) is 0.921. The minimum Gasteiger partial charge on any atom is -0.480 e. The van der Waals surface area contributed by atoms with Crippen molar-refractivity contribution in [2.24, 2.45) is 0 Å². The van der Waals surface area contributed by atoms with Crippen molar-refractivity contribution in [1.82, 2.24) is 15.6 Å². The molecule has 0 bridgehead atoms. The molecule has 0 aliphatic heterocycles. The minimum atomic E-state index is -1.03. The molecule has 0 radical (unpaired) electrons. The van der Waals surface area contributed by atoms with Crippen LogP contribution >= 0.6 is 11.3 Å². The number of carbonyl (C=O) groups is 2. The third-order valence-electron chi connectivity index (χ3n) is 2.44. The highest BCUT2D eigenvalue weighted by Crippen LogP contribution is 2.24. The van der Waals surface area contributed by atoms with Gasteiger partial charge in [-0.25, -0.2) is 14.6 Å². The Morgan fingerprint density at radius 2 is 2.15 bits per heavy atom. The maximum atomic E-state index is 11.6. The molecule has 0 aliphatic rings. The van der Waals surface area contributed by atoms with Crippen molar-refractivity contribution in [2.45, 2.75) is 26.8 Å². The molecule has 7 nitrogen and oxygen atoms in total. The molecule has 1 atom stereocenters. The molecule has 0 saturated carbocycles. The first-order chi connectivity index (χ1) is 9.40. The molecule has 8 heteroatoms. The maximum absolute atomic E-state index is 11.6. The molecule has 0 saturated heterocycles. The SMILES string of the molecule is Cc1nc(C)c(C(C)NC(=O)NCCOCC(=O)O)s1. The topological polar surface area (TPSA) is 101 Å². The number of aryl methyl sites for hydroxylation is 2. The lowest BCUT2D eigenvalue weighted by molar-refractivity contribution is -0.142. The molecular weight excluding hydrogens is 282 g/mol. The second-order valence-corrected chi connectivity index (χ2v) is 5.49. The Kier molecular flexibility index (Phi) is 6.40. The van der Waals surface area contributed by atoms with Gasteiger partial charge in [-0.2, -0.15) is 0 Å². The van der Waals surface area contributed by atoms with Gasteiger partial charge in [0.1, 0.15) is 6.61 Å². The molecule has 1 aromatic heterocycles. The number of carbonyl (C=O) groups excluding carboxylic acids is 1. The summed E-state index contributed by atoms with van der Waals surface area (Å²) in [6, 6.07) is -0.442. The van der Waals surface area contributed by atoms with Gasteiger partial charge in [-0.3, -0.25) is 0 Å². The number of ether oxygens (including phenoxy) is 1. The minimum absolute atomic E-state index is 0.124. The Morgan fingerprint density at radius 3 is 2.70 bits per heavy atom. The summed E-state index contributed by atoms with van der Waals surface area (Å²) in [5.74, 6) is -1.03. The fraction of sp³-hybridized carbons (Fsp3) is 0.583. The van der Waals surface area contributed by atoms with Gasteiger partial charge in [0.15, 0.2) is 0 Å². The van der Waals surface area contributed by atoms with Gasteiger partial charge in [0, 0.05) is 11.4 Å². The molecule has 0 spiro atoms. The number of aromatic nitrogens is 1. The molecule has 112 valence electrons. The molecule has 0 aliphatic carbocycles. The Bertz CT molecular complexity index is 475. The molecule has 1 heterocycles. The van der Waals surface area contributed by atoms with Crippen molar-refractivity contribution in [3.8, 4) is 0 Å². The van der Waals surface area contributed by atoms with E-state index in [0.29, 0.717) is 0 Å². The number of rotatable bonds is 7. The van der Waals surface area contributed by atoms with E-state index in [9.17, 15) is 9.59 Å². The second-order valence-electron chi connectivity index (χ2n) is 4.25. The van der Waals surface area contributed by atoms with E-state index in [1.165, 1.54) is 0 Å². The summed E-state index contributed by atoms with van der Waals surface area (Å²) >= 11 is 1.56.